The van der Waals surface area contributed by atoms with Crippen LogP contribution in [0.4, 0.5) is 0 Å². The molecule has 3 amide bonds. The van der Waals surface area contributed by atoms with Gasteiger partial charge in [0.25, 0.3) is 5.91 Å². The minimum absolute atomic E-state index is 0.0545. The van der Waals surface area contributed by atoms with Crippen LogP contribution in [0.25, 0.3) is 0 Å². The van der Waals surface area contributed by atoms with Crippen LogP contribution in [0.15, 0.2) is 83.5 Å². The first-order valence-electron chi connectivity index (χ1n) is 8.67. The van der Waals surface area contributed by atoms with Gasteiger partial charge in [0.1, 0.15) is 0 Å². The van der Waals surface area contributed by atoms with Gasteiger partial charge in [-0.15, -0.1) is 0 Å². The third-order valence-electron chi connectivity index (χ3n) is 3.99. The minimum Gasteiger partial charge on any atom is -0.459 e. The molecule has 3 rings (SSSR count). The van der Waals surface area contributed by atoms with Crippen LogP contribution in [0.5, 0.6) is 0 Å². The van der Waals surface area contributed by atoms with E-state index in [0.717, 1.165) is 5.56 Å². The molecule has 0 aliphatic rings. The van der Waals surface area contributed by atoms with E-state index in [1.807, 2.05) is 36.4 Å². The van der Waals surface area contributed by atoms with Crippen molar-refractivity contribution in [3.8, 4) is 0 Å². The second-order valence-electron chi connectivity index (χ2n) is 5.99. The van der Waals surface area contributed by atoms with Crippen molar-refractivity contribution < 1.29 is 18.8 Å². The molecule has 0 saturated carbocycles. The smallest absolute Gasteiger partial charge is 0.305 e. The van der Waals surface area contributed by atoms with Gasteiger partial charge in [0.15, 0.2) is 5.76 Å². The molecule has 0 unspecified atom stereocenters. The van der Waals surface area contributed by atoms with Crippen molar-refractivity contribution in [2.45, 2.75) is 12.5 Å². The van der Waals surface area contributed by atoms with Crippen LogP contribution in [-0.4, -0.2) is 17.7 Å². The van der Waals surface area contributed by atoms with Gasteiger partial charge in [-0.1, -0.05) is 48.5 Å². The van der Waals surface area contributed by atoms with Crippen molar-refractivity contribution in [1.82, 2.24) is 16.2 Å². The molecule has 7 heteroatoms. The summed E-state index contributed by atoms with van der Waals surface area (Å²) >= 11 is 0. The van der Waals surface area contributed by atoms with E-state index in [4.69, 9.17) is 4.42 Å². The molecule has 0 bridgehead atoms. The SMILES string of the molecule is O=C(C[C@H](NC(=O)c1ccccc1)c1ccccc1)NNC(=O)c1ccco1. The number of hydrogen-bond donors (Lipinski definition) is 3. The fourth-order valence-electron chi connectivity index (χ4n) is 2.60. The molecule has 0 saturated heterocycles. The van der Waals surface area contributed by atoms with Crippen LogP contribution in [0.1, 0.15) is 38.9 Å². The van der Waals surface area contributed by atoms with Gasteiger partial charge in [-0.25, -0.2) is 0 Å². The van der Waals surface area contributed by atoms with Crippen molar-refractivity contribution >= 4 is 17.7 Å². The highest BCUT2D eigenvalue weighted by atomic mass is 16.3. The van der Waals surface area contributed by atoms with Gasteiger partial charge in [-0.2, -0.15) is 0 Å². The number of rotatable bonds is 6. The largest absolute Gasteiger partial charge is 0.459 e. The van der Waals surface area contributed by atoms with E-state index in [-0.39, 0.29) is 18.1 Å². The quantitative estimate of drug-likeness (QED) is 0.575. The van der Waals surface area contributed by atoms with Crippen molar-refractivity contribution in [2.75, 3.05) is 0 Å². The van der Waals surface area contributed by atoms with E-state index in [2.05, 4.69) is 16.2 Å². The summed E-state index contributed by atoms with van der Waals surface area (Å²) in [6.45, 7) is 0. The topological polar surface area (TPSA) is 100 Å². The van der Waals surface area contributed by atoms with E-state index in [1.165, 1.54) is 12.3 Å². The molecule has 0 aliphatic heterocycles. The van der Waals surface area contributed by atoms with E-state index in [1.54, 1.807) is 30.3 Å². The lowest BCUT2D eigenvalue weighted by atomic mass is 10.0. The van der Waals surface area contributed by atoms with Crippen LogP contribution in [0.2, 0.25) is 0 Å². The maximum Gasteiger partial charge on any atom is 0.305 e. The van der Waals surface area contributed by atoms with Crippen molar-refractivity contribution in [1.29, 1.82) is 0 Å². The Labute approximate surface area is 161 Å². The van der Waals surface area contributed by atoms with Crippen LogP contribution in [0.3, 0.4) is 0 Å². The molecule has 28 heavy (non-hydrogen) atoms. The molecule has 0 spiro atoms. The van der Waals surface area contributed by atoms with Crippen molar-refractivity contribution in [2.24, 2.45) is 0 Å². The number of furan rings is 1. The molecule has 7 nitrogen and oxygen atoms in total. The van der Waals surface area contributed by atoms with Gasteiger partial charge >= 0.3 is 5.91 Å². The number of benzene rings is 2. The molecule has 142 valence electrons. The average molecular weight is 377 g/mol. The van der Waals surface area contributed by atoms with E-state index < -0.39 is 17.9 Å². The zero-order valence-corrected chi connectivity index (χ0v) is 14.9. The second-order valence-corrected chi connectivity index (χ2v) is 5.99. The van der Waals surface area contributed by atoms with E-state index in [9.17, 15) is 14.4 Å². The number of hydrazine groups is 1. The minimum atomic E-state index is -0.567. The Morgan fingerprint density at radius 1 is 0.786 bits per heavy atom. The lowest BCUT2D eigenvalue weighted by Crippen LogP contribution is -2.43. The Balaban J connectivity index is 1.64. The Morgan fingerprint density at radius 3 is 2.11 bits per heavy atom. The van der Waals surface area contributed by atoms with Crippen LogP contribution < -0.4 is 16.2 Å². The molecule has 0 radical (unpaired) electrons. The summed E-state index contributed by atoms with van der Waals surface area (Å²) in [7, 11) is 0. The van der Waals surface area contributed by atoms with Crippen molar-refractivity contribution in [3.63, 3.8) is 0 Å². The summed E-state index contributed by atoms with van der Waals surface area (Å²) in [4.78, 5) is 36.7. The molecule has 1 heterocycles. The van der Waals surface area contributed by atoms with Gasteiger partial charge < -0.3 is 9.73 Å². The standard InChI is InChI=1S/C21H19N3O4/c25-19(23-24-21(27)18-12-7-13-28-18)14-17(15-8-3-1-4-9-15)22-20(26)16-10-5-2-6-11-16/h1-13,17H,14H2,(H,22,26)(H,23,25)(H,24,27)/t17-/m0/s1. The molecule has 0 aliphatic carbocycles. The average Bonchev–Trinajstić information content (AvgIpc) is 3.28. The van der Waals surface area contributed by atoms with Crippen molar-refractivity contribution in [3.05, 3.63) is 95.9 Å². The first-order chi connectivity index (χ1) is 13.6. The molecule has 3 N–H and O–H groups in total. The maximum absolute atomic E-state index is 12.5. The van der Waals surface area contributed by atoms with Crippen LogP contribution in [-0.2, 0) is 4.79 Å². The highest BCUT2D eigenvalue weighted by Crippen LogP contribution is 2.17. The number of amides is 3. The highest BCUT2D eigenvalue weighted by Gasteiger charge is 2.20. The zero-order valence-electron chi connectivity index (χ0n) is 14.9. The number of carbonyl (C=O) groups excluding carboxylic acids is 3. The molecule has 2 aromatic carbocycles. The Hall–Kier alpha value is -3.87. The van der Waals surface area contributed by atoms with Gasteiger partial charge in [0, 0.05) is 5.56 Å². The lowest BCUT2D eigenvalue weighted by Gasteiger charge is -2.19. The van der Waals surface area contributed by atoms with Gasteiger partial charge in [-0.3, -0.25) is 25.2 Å². The highest BCUT2D eigenvalue weighted by molar-refractivity contribution is 5.95. The first kappa shape index (κ1) is 18.9. The number of nitrogens with one attached hydrogen (secondary N) is 3. The molecule has 1 atom stereocenters. The van der Waals surface area contributed by atoms with E-state index >= 15 is 0 Å². The van der Waals surface area contributed by atoms with Gasteiger partial charge in [0.05, 0.1) is 18.7 Å². The summed E-state index contributed by atoms with van der Waals surface area (Å²) in [5.41, 5.74) is 5.89. The lowest BCUT2D eigenvalue weighted by molar-refractivity contribution is -0.122. The number of carbonyl (C=O) groups is 3. The third kappa shape index (κ3) is 5.07. The molecule has 1 aromatic heterocycles. The first-order valence-corrected chi connectivity index (χ1v) is 8.67. The molecule has 3 aromatic rings. The Bertz CT molecular complexity index is 925. The Morgan fingerprint density at radius 2 is 1.46 bits per heavy atom. The summed E-state index contributed by atoms with van der Waals surface area (Å²) < 4.78 is 4.96. The molecular weight excluding hydrogens is 358 g/mol. The van der Waals surface area contributed by atoms with Crippen LogP contribution in [0, 0.1) is 0 Å². The fraction of sp³-hybridized carbons (Fsp3) is 0.0952. The predicted octanol–water partition coefficient (Wildman–Crippen LogP) is 2.60. The summed E-state index contributed by atoms with van der Waals surface area (Å²) in [5.74, 6) is -1.23. The zero-order chi connectivity index (χ0) is 19.8. The van der Waals surface area contributed by atoms with E-state index in [0.29, 0.717) is 5.56 Å². The summed E-state index contributed by atoms with van der Waals surface area (Å²) in [5, 5.41) is 2.86. The van der Waals surface area contributed by atoms with Crippen LogP contribution >= 0.6 is 0 Å². The monoisotopic (exact) mass is 377 g/mol. The third-order valence-corrected chi connectivity index (χ3v) is 3.99. The van der Waals surface area contributed by atoms with Gasteiger partial charge in [-0.05, 0) is 29.8 Å². The summed E-state index contributed by atoms with van der Waals surface area (Å²) in [6, 6.07) is 20.4. The van der Waals surface area contributed by atoms with Gasteiger partial charge in [0.2, 0.25) is 5.91 Å². The maximum atomic E-state index is 12.5. The Kier molecular flexibility index (Phi) is 6.20. The fourth-order valence-corrected chi connectivity index (χ4v) is 2.60. The predicted molar refractivity (Wildman–Crippen MR) is 102 cm³/mol. The second kappa shape index (κ2) is 9.18. The number of hydrogen-bond acceptors (Lipinski definition) is 4. The molecule has 0 fully saturated rings. The normalized spacial score (nSPS) is 11.3. The molecular formula is C21H19N3O4. The summed E-state index contributed by atoms with van der Waals surface area (Å²) in [6.07, 6.45) is 1.31.